The molecule has 0 aromatic heterocycles. The number of halogens is 2. The summed E-state index contributed by atoms with van der Waals surface area (Å²) >= 11 is 11.8. The Morgan fingerprint density at radius 1 is 1.11 bits per heavy atom. The highest BCUT2D eigenvalue weighted by Crippen LogP contribution is 2.35. The van der Waals surface area contributed by atoms with E-state index in [2.05, 4.69) is 0 Å². The molecule has 2 atom stereocenters. The van der Waals surface area contributed by atoms with E-state index in [1.54, 1.807) is 18.2 Å². The molecular formula is C15H12Cl2O2. The predicted molar refractivity (Wildman–Crippen MR) is 76.0 cm³/mol. The van der Waals surface area contributed by atoms with Gasteiger partial charge in [0.2, 0.25) is 0 Å². The third-order valence-corrected chi connectivity index (χ3v) is 4.05. The fraction of sp³-hybridized carbons (Fsp3) is 0.200. The van der Waals surface area contributed by atoms with E-state index in [1.807, 2.05) is 24.3 Å². The van der Waals surface area contributed by atoms with Gasteiger partial charge in [-0.2, -0.15) is 0 Å². The number of fused-ring (bicyclic) bond motifs is 1. The van der Waals surface area contributed by atoms with Crippen LogP contribution in [0.3, 0.4) is 0 Å². The van der Waals surface area contributed by atoms with Gasteiger partial charge in [0.15, 0.2) is 0 Å². The topological polar surface area (TPSA) is 29.5 Å². The molecule has 0 saturated heterocycles. The average molecular weight is 295 g/mol. The van der Waals surface area contributed by atoms with Crippen molar-refractivity contribution < 1.29 is 9.84 Å². The Balaban J connectivity index is 1.82. The van der Waals surface area contributed by atoms with Crippen molar-refractivity contribution in [2.24, 2.45) is 0 Å². The standard InChI is InChI=1S/C15H12Cl2O2/c16-11-6-5-10(7-12(11)17)15(18)14-8-9-3-1-2-4-13(9)19-14/h1-7,14-15,18H,8H2. The molecule has 0 saturated carbocycles. The van der Waals surface area contributed by atoms with Crippen molar-refractivity contribution in [1.29, 1.82) is 0 Å². The van der Waals surface area contributed by atoms with Gasteiger partial charge in [0.1, 0.15) is 18.0 Å². The van der Waals surface area contributed by atoms with E-state index >= 15 is 0 Å². The molecule has 2 nitrogen and oxygen atoms in total. The summed E-state index contributed by atoms with van der Waals surface area (Å²) in [7, 11) is 0. The van der Waals surface area contributed by atoms with E-state index in [1.165, 1.54) is 0 Å². The Labute approximate surface area is 121 Å². The van der Waals surface area contributed by atoms with Gasteiger partial charge in [-0.3, -0.25) is 0 Å². The Morgan fingerprint density at radius 3 is 2.63 bits per heavy atom. The number of hydrogen-bond acceptors (Lipinski definition) is 2. The first kappa shape index (κ1) is 12.8. The molecule has 4 heteroatoms. The van der Waals surface area contributed by atoms with Crippen molar-refractivity contribution in [3.8, 4) is 5.75 Å². The highest BCUT2D eigenvalue weighted by molar-refractivity contribution is 6.42. The van der Waals surface area contributed by atoms with Crippen LogP contribution in [0.4, 0.5) is 0 Å². The molecule has 1 aliphatic rings. The van der Waals surface area contributed by atoms with Crippen LogP contribution < -0.4 is 4.74 Å². The van der Waals surface area contributed by atoms with Crippen molar-refractivity contribution >= 4 is 23.2 Å². The second-order valence-corrected chi connectivity index (χ2v) is 5.40. The lowest BCUT2D eigenvalue weighted by Gasteiger charge is -2.18. The van der Waals surface area contributed by atoms with Gasteiger partial charge in [-0.1, -0.05) is 47.5 Å². The maximum absolute atomic E-state index is 10.4. The number of benzene rings is 2. The van der Waals surface area contributed by atoms with Crippen molar-refractivity contribution in [1.82, 2.24) is 0 Å². The largest absolute Gasteiger partial charge is 0.487 e. The number of hydrogen-bond donors (Lipinski definition) is 1. The molecule has 0 bridgehead atoms. The minimum atomic E-state index is -0.720. The molecule has 0 amide bonds. The first-order valence-electron chi connectivity index (χ1n) is 6.03. The SMILES string of the molecule is OC(c1ccc(Cl)c(Cl)c1)C1Cc2ccccc2O1. The number of aliphatic hydroxyl groups is 1. The molecule has 1 aliphatic heterocycles. The van der Waals surface area contributed by atoms with E-state index in [0.717, 1.165) is 11.3 Å². The van der Waals surface area contributed by atoms with E-state index in [-0.39, 0.29) is 6.10 Å². The van der Waals surface area contributed by atoms with Crippen LogP contribution in [0.5, 0.6) is 5.75 Å². The van der Waals surface area contributed by atoms with Crippen LogP contribution in [0.15, 0.2) is 42.5 Å². The molecule has 19 heavy (non-hydrogen) atoms. The third kappa shape index (κ3) is 2.44. The zero-order valence-corrected chi connectivity index (χ0v) is 11.5. The lowest BCUT2D eigenvalue weighted by atomic mass is 10.0. The summed E-state index contributed by atoms with van der Waals surface area (Å²) < 4.78 is 5.77. The van der Waals surface area contributed by atoms with Gasteiger partial charge in [0.25, 0.3) is 0 Å². The number of aliphatic hydroxyl groups excluding tert-OH is 1. The molecule has 2 unspecified atom stereocenters. The lowest BCUT2D eigenvalue weighted by molar-refractivity contribution is 0.0492. The second kappa shape index (κ2) is 5.04. The maximum Gasteiger partial charge on any atom is 0.133 e. The predicted octanol–water partition coefficient (Wildman–Crippen LogP) is 4.03. The van der Waals surface area contributed by atoms with Gasteiger partial charge >= 0.3 is 0 Å². The highest BCUT2D eigenvalue weighted by Gasteiger charge is 2.30. The third-order valence-electron chi connectivity index (χ3n) is 3.31. The molecule has 0 aliphatic carbocycles. The van der Waals surface area contributed by atoms with Crippen LogP contribution in [0, 0.1) is 0 Å². The van der Waals surface area contributed by atoms with Crippen LogP contribution in [-0.4, -0.2) is 11.2 Å². The van der Waals surface area contributed by atoms with Crippen LogP contribution in [0.1, 0.15) is 17.2 Å². The lowest BCUT2D eigenvalue weighted by Crippen LogP contribution is -2.23. The van der Waals surface area contributed by atoms with E-state index < -0.39 is 6.10 Å². The molecule has 2 aromatic carbocycles. The summed E-state index contributed by atoms with van der Waals surface area (Å²) in [6.45, 7) is 0. The zero-order valence-electron chi connectivity index (χ0n) is 10.0. The fourth-order valence-corrected chi connectivity index (χ4v) is 2.60. The fourth-order valence-electron chi connectivity index (χ4n) is 2.30. The smallest absolute Gasteiger partial charge is 0.133 e. The van der Waals surface area contributed by atoms with E-state index in [9.17, 15) is 5.11 Å². The number of ether oxygens (including phenoxy) is 1. The van der Waals surface area contributed by atoms with Gasteiger partial charge in [-0.05, 0) is 29.3 Å². The Hall–Kier alpha value is -1.22. The van der Waals surface area contributed by atoms with Crippen LogP contribution in [0.25, 0.3) is 0 Å². The normalized spacial score (nSPS) is 18.8. The Bertz CT molecular complexity index is 588. The van der Waals surface area contributed by atoms with Gasteiger partial charge in [0.05, 0.1) is 10.0 Å². The molecule has 0 spiro atoms. The van der Waals surface area contributed by atoms with Gasteiger partial charge in [-0.15, -0.1) is 0 Å². The van der Waals surface area contributed by atoms with Crippen molar-refractivity contribution in [2.45, 2.75) is 18.6 Å². The molecular weight excluding hydrogens is 283 g/mol. The van der Waals surface area contributed by atoms with Crippen LogP contribution in [0.2, 0.25) is 10.0 Å². The van der Waals surface area contributed by atoms with Crippen molar-refractivity contribution in [3.05, 3.63) is 63.6 Å². The average Bonchev–Trinajstić information content (AvgIpc) is 2.85. The summed E-state index contributed by atoms with van der Waals surface area (Å²) in [5.74, 6) is 0.839. The quantitative estimate of drug-likeness (QED) is 0.906. The zero-order chi connectivity index (χ0) is 13.4. The summed E-state index contributed by atoms with van der Waals surface area (Å²) in [6.07, 6.45) is -0.311. The first-order valence-corrected chi connectivity index (χ1v) is 6.78. The van der Waals surface area contributed by atoms with Gasteiger partial charge in [-0.25, -0.2) is 0 Å². The molecule has 98 valence electrons. The maximum atomic E-state index is 10.4. The molecule has 0 fully saturated rings. The minimum Gasteiger partial charge on any atom is -0.487 e. The van der Waals surface area contributed by atoms with Crippen molar-refractivity contribution in [2.75, 3.05) is 0 Å². The van der Waals surface area contributed by atoms with E-state index in [4.69, 9.17) is 27.9 Å². The monoisotopic (exact) mass is 294 g/mol. The summed E-state index contributed by atoms with van der Waals surface area (Å²) in [5, 5.41) is 11.3. The molecule has 0 radical (unpaired) electrons. The molecule has 1 N–H and O–H groups in total. The first-order chi connectivity index (χ1) is 9.15. The number of para-hydroxylation sites is 1. The minimum absolute atomic E-state index is 0.283. The molecule has 1 heterocycles. The summed E-state index contributed by atoms with van der Waals surface area (Å²) in [4.78, 5) is 0. The number of rotatable bonds is 2. The highest BCUT2D eigenvalue weighted by atomic mass is 35.5. The summed E-state index contributed by atoms with van der Waals surface area (Å²) in [5.41, 5.74) is 1.83. The van der Waals surface area contributed by atoms with Crippen LogP contribution in [-0.2, 0) is 6.42 Å². The Kier molecular flexibility index (Phi) is 3.40. The van der Waals surface area contributed by atoms with Gasteiger partial charge < -0.3 is 9.84 Å². The Morgan fingerprint density at radius 2 is 1.89 bits per heavy atom. The molecule has 3 rings (SSSR count). The van der Waals surface area contributed by atoms with Crippen LogP contribution >= 0.6 is 23.2 Å². The second-order valence-electron chi connectivity index (χ2n) is 4.59. The summed E-state index contributed by atoms with van der Waals surface area (Å²) in [6, 6.07) is 13.0. The van der Waals surface area contributed by atoms with Gasteiger partial charge in [0, 0.05) is 6.42 Å². The van der Waals surface area contributed by atoms with E-state index in [0.29, 0.717) is 22.0 Å². The van der Waals surface area contributed by atoms with Crippen molar-refractivity contribution in [3.63, 3.8) is 0 Å². The molecule has 2 aromatic rings.